The molecule has 3 rings (SSSR count). The molecule has 0 unspecified atom stereocenters. The van der Waals surface area contributed by atoms with Crippen LogP contribution in [0.15, 0.2) is 24.3 Å². The molecule has 1 aliphatic rings. The molecule has 9 heteroatoms. The summed E-state index contributed by atoms with van der Waals surface area (Å²) in [4.78, 5) is 28.5. The average molecular weight is 426 g/mol. The minimum absolute atomic E-state index is 0.0576. The summed E-state index contributed by atoms with van der Waals surface area (Å²) in [6.07, 6.45) is 1.39. The fraction of sp³-hybridized carbons (Fsp3) is 0.455. The summed E-state index contributed by atoms with van der Waals surface area (Å²) >= 11 is 0. The van der Waals surface area contributed by atoms with E-state index >= 15 is 0 Å². The Hall–Kier alpha value is -3.41. The van der Waals surface area contributed by atoms with E-state index in [1.54, 1.807) is 9.80 Å². The van der Waals surface area contributed by atoms with Gasteiger partial charge < -0.3 is 15.1 Å². The van der Waals surface area contributed by atoms with Gasteiger partial charge in [0.1, 0.15) is 5.82 Å². The summed E-state index contributed by atoms with van der Waals surface area (Å²) in [5.41, 5.74) is 3.49. The van der Waals surface area contributed by atoms with Crippen molar-refractivity contribution in [2.24, 2.45) is 0 Å². The molecule has 164 valence electrons. The van der Waals surface area contributed by atoms with Gasteiger partial charge in [-0.2, -0.15) is 10.4 Å². The molecule has 1 aromatic carbocycles. The lowest BCUT2D eigenvalue weighted by atomic mass is 10.1. The van der Waals surface area contributed by atoms with Gasteiger partial charge in [-0.05, 0) is 50.1 Å². The van der Waals surface area contributed by atoms with Gasteiger partial charge in [-0.15, -0.1) is 0 Å². The topological polar surface area (TPSA) is 94.3 Å². The van der Waals surface area contributed by atoms with Gasteiger partial charge >= 0.3 is 6.03 Å². The van der Waals surface area contributed by atoms with E-state index in [1.165, 1.54) is 24.3 Å². The maximum absolute atomic E-state index is 13.0. The van der Waals surface area contributed by atoms with E-state index in [1.807, 2.05) is 18.5 Å². The first-order valence-corrected chi connectivity index (χ1v) is 10.4. The van der Waals surface area contributed by atoms with Crippen LogP contribution in [0.25, 0.3) is 0 Å². The van der Waals surface area contributed by atoms with E-state index in [0.29, 0.717) is 57.7 Å². The zero-order valence-corrected chi connectivity index (χ0v) is 17.9. The normalized spacial score (nSPS) is 13.7. The number of hydrogen-bond donors (Lipinski definition) is 1. The van der Waals surface area contributed by atoms with Crippen molar-refractivity contribution in [1.82, 2.24) is 19.6 Å². The third-order valence-electron chi connectivity index (χ3n) is 5.57. The molecule has 1 aromatic heterocycles. The Kier molecular flexibility index (Phi) is 7.23. The molecule has 0 spiro atoms. The summed E-state index contributed by atoms with van der Waals surface area (Å²) in [7, 11) is 0. The number of aryl methyl sites for hydroxylation is 2. The largest absolute Gasteiger partial charge is 0.339 e. The molecule has 31 heavy (non-hydrogen) atoms. The molecule has 1 saturated heterocycles. The highest BCUT2D eigenvalue weighted by Crippen LogP contribution is 2.17. The smallest absolute Gasteiger partial charge is 0.321 e. The molecule has 0 saturated carbocycles. The Morgan fingerprint density at radius 3 is 2.42 bits per heavy atom. The van der Waals surface area contributed by atoms with Crippen LogP contribution in [0, 0.1) is 31.0 Å². The second-order valence-electron chi connectivity index (χ2n) is 7.59. The van der Waals surface area contributed by atoms with Crippen molar-refractivity contribution in [3.05, 3.63) is 47.0 Å². The first-order valence-electron chi connectivity index (χ1n) is 10.4. The molecular formula is C22H27FN6O2. The Bertz CT molecular complexity index is 971. The number of urea groups is 1. The van der Waals surface area contributed by atoms with E-state index in [-0.39, 0.29) is 17.8 Å². The molecular weight excluding hydrogens is 399 g/mol. The van der Waals surface area contributed by atoms with Crippen LogP contribution < -0.4 is 5.32 Å². The highest BCUT2D eigenvalue weighted by Gasteiger charge is 2.24. The number of hydrogen-bond acceptors (Lipinski definition) is 4. The van der Waals surface area contributed by atoms with Gasteiger partial charge in [0.25, 0.3) is 0 Å². The van der Waals surface area contributed by atoms with Gasteiger partial charge in [0.2, 0.25) is 5.91 Å². The molecule has 2 aromatic rings. The average Bonchev–Trinajstić information content (AvgIpc) is 3.04. The minimum Gasteiger partial charge on any atom is -0.339 e. The number of benzene rings is 1. The molecule has 0 bridgehead atoms. The molecule has 0 radical (unpaired) electrons. The Morgan fingerprint density at radius 2 is 1.77 bits per heavy atom. The third kappa shape index (κ3) is 5.60. The van der Waals surface area contributed by atoms with Crippen molar-refractivity contribution in [3.8, 4) is 6.07 Å². The predicted molar refractivity (Wildman–Crippen MR) is 114 cm³/mol. The lowest BCUT2D eigenvalue weighted by Gasteiger charge is -2.34. The number of halogens is 1. The van der Waals surface area contributed by atoms with Crippen LogP contribution in [-0.2, 0) is 17.8 Å². The number of carbonyl (C=O) groups is 2. The lowest BCUT2D eigenvalue weighted by Crippen LogP contribution is -2.51. The van der Waals surface area contributed by atoms with Crippen LogP contribution >= 0.6 is 0 Å². The summed E-state index contributed by atoms with van der Waals surface area (Å²) in [6.45, 7) is 6.30. The van der Waals surface area contributed by atoms with Gasteiger partial charge in [-0.25, -0.2) is 9.18 Å². The number of nitrogens with zero attached hydrogens (tertiary/aromatic N) is 5. The van der Waals surface area contributed by atoms with E-state index in [4.69, 9.17) is 5.26 Å². The number of aromatic nitrogens is 2. The number of nitriles is 1. The van der Waals surface area contributed by atoms with Gasteiger partial charge in [-0.3, -0.25) is 9.48 Å². The monoisotopic (exact) mass is 426 g/mol. The van der Waals surface area contributed by atoms with Crippen molar-refractivity contribution in [2.75, 3.05) is 31.5 Å². The summed E-state index contributed by atoms with van der Waals surface area (Å²) < 4.78 is 14.8. The molecule has 0 aliphatic carbocycles. The number of amides is 3. The summed E-state index contributed by atoms with van der Waals surface area (Å²) in [6, 6.07) is 7.48. The van der Waals surface area contributed by atoms with Crippen molar-refractivity contribution >= 4 is 17.6 Å². The molecule has 2 heterocycles. The number of piperazine rings is 1. The zero-order valence-electron chi connectivity index (χ0n) is 17.9. The van der Waals surface area contributed by atoms with E-state index in [9.17, 15) is 14.0 Å². The van der Waals surface area contributed by atoms with E-state index < -0.39 is 0 Å². The standard InChI is InChI=1S/C22H27FN6O2/c1-16-20(17(2)29(26-16)11-3-10-24)8-9-21(30)27-12-14-28(15-13-27)22(31)25-19-6-4-18(23)5-7-19/h4-7H,3,8-9,11-15H2,1-2H3,(H,25,31). The number of nitrogens with one attached hydrogen (secondary N) is 1. The van der Waals surface area contributed by atoms with Gasteiger partial charge in [0.15, 0.2) is 0 Å². The molecule has 0 atom stereocenters. The Balaban J connectivity index is 1.47. The van der Waals surface area contributed by atoms with Crippen molar-refractivity contribution < 1.29 is 14.0 Å². The van der Waals surface area contributed by atoms with E-state index in [0.717, 1.165) is 17.0 Å². The molecule has 8 nitrogen and oxygen atoms in total. The van der Waals surface area contributed by atoms with E-state index in [2.05, 4.69) is 16.5 Å². The van der Waals surface area contributed by atoms with Gasteiger partial charge in [0.05, 0.1) is 24.7 Å². The maximum Gasteiger partial charge on any atom is 0.321 e. The second kappa shape index (κ2) is 10.1. The predicted octanol–water partition coefficient (Wildman–Crippen LogP) is 2.86. The molecule has 1 fully saturated rings. The number of anilines is 1. The SMILES string of the molecule is Cc1nn(CCC#N)c(C)c1CCC(=O)N1CCN(C(=O)Nc2ccc(F)cc2)CC1. The fourth-order valence-electron chi connectivity index (χ4n) is 3.75. The summed E-state index contributed by atoms with van der Waals surface area (Å²) in [5, 5.41) is 16.0. The van der Waals surface area contributed by atoms with Crippen molar-refractivity contribution in [1.29, 1.82) is 5.26 Å². The first kappa shape index (κ1) is 22.3. The minimum atomic E-state index is -0.356. The van der Waals surface area contributed by atoms with Gasteiger partial charge in [-0.1, -0.05) is 0 Å². The Morgan fingerprint density at radius 1 is 1.13 bits per heavy atom. The van der Waals surface area contributed by atoms with Crippen LogP contribution in [0.3, 0.4) is 0 Å². The number of rotatable bonds is 6. The van der Waals surface area contributed by atoms with Gasteiger partial charge in [0, 0.05) is 44.0 Å². The van der Waals surface area contributed by atoms with Crippen molar-refractivity contribution in [3.63, 3.8) is 0 Å². The quantitative estimate of drug-likeness (QED) is 0.769. The van der Waals surface area contributed by atoms with Crippen LogP contribution in [-0.4, -0.2) is 57.7 Å². The summed E-state index contributed by atoms with van der Waals surface area (Å²) in [5.74, 6) is -0.299. The third-order valence-corrected chi connectivity index (χ3v) is 5.57. The van der Waals surface area contributed by atoms with Crippen molar-refractivity contribution in [2.45, 2.75) is 39.7 Å². The molecule has 1 aliphatic heterocycles. The second-order valence-corrected chi connectivity index (χ2v) is 7.59. The molecule has 1 N–H and O–H groups in total. The Labute approximate surface area is 181 Å². The van der Waals surface area contributed by atoms with Crippen LogP contribution in [0.4, 0.5) is 14.9 Å². The zero-order chi connectivity index (χ0) is 22.4. The van der Waals surface area contributed by atoms with Crippen LogP contribution in [0.1, 0.15) is 29.8 Å². The highest BCUT2D eigenvalue weighted by molar-refractivity contribution is 5.89. The number of carbonyl (C=O) groups excluding carboxylic acids is 2. The van der Waals surface area contributed by atoms with Crippen LogP contribution in [0.2, 0.25) is 0 Å². The maximum atomic E-state index is 13.0. The fourth-order valence-corrected chi connectivity index (χ4v) is 3.75. The molecule has 3 amide bonds. The first-order chi connectivity index (χ1) is 14.9. The van der Waals surface area contributed by atoms with Crippen LogP contribution in [0.5, 0.6) is 0 Å². The highest BCUT2D eigenvalue weighted by atomic mass is 19.1. The lowest BCUT2D eigenvalue weighted by molar-refractivity contribution is -0.132.